The number of fused-ring (bicyclic) bond motifs is 1. The fourth-order valence-corrected chi connectivity index (χ4v) is 7.96. The van der Waals surface area contributed by atoms with Crippen molar-refractivity contribution in [3.63, 3.8) is 0 Å². The number of aromatic nitrogens is 1. The normalized spacial score (nSPS) is 16.5. The van der Waals surface area contributed by atoms with Gasteiger partial charge in [-0.1, -0.05) is 28.9 Å². The molecule has 3 heterocycles. The highest BCUT2D eigenvalue weighted by atomic mass is 35.5. The van der Waals surface area contributed by atoms with Gasteiger partial charge in [-0.15, -0.1) is 17.8 Å². The molecule has 0 spiro atoms. The van der Waals surface area contributed by atoms with Crippen molar-refractivity contribution in [1.82, 2.24) is 8.87 Å². The molecule has 1 aliphatic rings. The van der Waals surface area contributed by atoms with Gasteiger partial charge in [0.15, 0.2) is 4.80 Å². The first-order chi connectivity index (χ1) is 15.2. The molecule has 3 aromatic rings. The Morgan fingerprint density at radius 1 is 1.22 bits per heavy atom. The minimum atomic E-state index is -3.59. The largest absolute Gasteiger partial charge is 0.305 e. The van der Waals surface area contributed by atoms with E-state index in [1.54, 1.807) is 6.07 Å². The Kier molecular flexibility index (Phi) is 6.61. The molecule has 1 fully saturated rings. The lowest BCUT2D eigenvalue weighted by atomic mass is 9.98. The molecule has 0 bridgehead atoms. The van der Waals surface area contributed by atoms with Gasteiger partial charge in [-0.2, -0.15) is 9.30 Å². The zero-order valence-electron chi connectivity index (χ0n) is 17.7. The zero-order chi connectivity index (χ0) is 23.0. The summed E-state index contributed by atoms with van der Waals surface area (Å²) in [5, 5.41) is 0. The van der Waals surface area contributed by atoms with Gasteiger partial charge >= 0.3 is 0 Å². The number of carbonyl (C=O) groups excluding carboxylic acids is 1. The molecule has 0 atom stereocenters. The molecule has 10 heteroatoms. The minimum absolute atomic E-state index is 0.225. The summed E-state index contributed by atoms with van der Waals surface area (Å²) in [6, 6.07) is 7.26. The fraction of sp³-hybridized carbons (Fsp3) is 0.364. The SMILES string of the molecule is C#CCn1c(=NC(=O)C2CCN(S(=O)(=O)c3ccc(Cl)s3)CC2)sc2cc(C)c(C)cc21. The van der Waals surface area contributed by atoms with Crippen molar-refractivity contribution < 1.29 is 13.2 Å². The van der Waals surface area contributed by atoms with Gasteiger partial charge in [0.05, 0.1) is 21.1 Å². The second kappa shape index (κ2) is 9.12. The van der Waals surface area contributed by atoms with Crippen LogP contribution >= 0.6 is 34.3 Å². The average molecular weight is 508 g/mol. The van der Waals surface area contributed by atoms with Crippen molar-refractivity contribution in [1.29, 1.82) is 0 Å². The van der Waals surface area contributed by atoms with E-state index in [4.69, 9.17) is 18.0 Å². The number of aryl methyl sites for hydroxylation is 2. The predicted octanol–water partition coefficient (Wildman–Crippen LogP) is 4.20. The number of halogens is 1. The highest BCUT2D eigenvalue weighted by molar-refractivity contribution is 7.91. The Labute approximate surface area is 200 Å². The summed E-state index contributed by atoms with van der Waals surface area (Å²) in [6.07, 6.45) is 6.42. The van der Waals surface area contributed by atoms with Crippen LogP contribution in [0.2, 0.25) is 4.34 Å². The number of rotatable bonds is 4. The summed E-state index contributed by atoms with van der Waals surface area (Å²) in [7, 11) is -3.59. The Morgan fingerprint density at radius 3 is 2.53 bits per heavy atom. The molecule has 2 aromatic heterocycles. The van der Waals surface area contributed by atoms with E-state index < -0.39 is 10.0 Å². The summed E-state index contributed by atoms with van der Waals surface area (Å²) >= 11 is 8.38. The predicted molar refractivity (Wildman–Crippen MR) is 130 cm³/mol. The van der Waals surface area contributed by atoms with Crippen LogP contribution in [0, 0.1) is 32.1 Å². The molecule has 0 N–H and O–H groups in total. The second-order valence-electron chi connectivity index (χ2n) is 7.77. The maximum Gasteiger partial charge on any atom is 0.252 e. The van der Waals surface area contributed by atoms with Gasteiger partial charge < -0.3 is 4.57 Å². The van der Waals surface area contributed by atoms with Crippen LogP contribution in [0.1, 0.15) is 24.0 Å². The van der Waals surface area contributed by atoms with E-state index in [0.717, 1.165) is 27.1 Å². The maximum absolute atomic E-state index is 13.0. The van der Waals surface area contributed by atoms with Gasteiger partial charge in [0, 0.05) is 19.0 Å². The molecule has 1 saturated heterocycles. The van der Waals surface area contributed by atoms with E-state index in [0.29, 0.717) is 28.5 Å². The third kappa shape index (κ3) is 4.43. The first-order valence-corrected chi connectivity index (χ1v) is 13.5. The lowest BCUT2D eigenvalue weighted by Gasteiger charge is -2.29. The van der Waals surface area contributed by atoms with Crippen molar-refractivity contribution in [3.8, 4) is 12.3 Å². The summed E-state index contributed by atoms with van der Waals surface area (Å²) < 4.78 is 30.6. The summed E-state index contributed by atoms with van der Waals surface area (Å²) in [5.74, 6) is 2.10. The van der Waals surface area contributed by atoms with E-state index >= 15 is 0 Å². The van der Waals surface area contributed by atoms with Crippen molar-refractivity contribution in [3.05, 3.63) is 44.5 Å². The maximum atomic E-state index is 13.0. The molecular weight excluding hydrogens is 486 g/mol. The number of hydrogen-bond donors (Lipinski definition) is 0. The third-order valence-corrected chi connectivity index (χ3v) is 10.3. The monoisotopic (exact) mass is 507 g/mol. The van der Waals surface area contributed by atoms with Crippen LogP contribution in [-0.2, 0) is 21.4 Å². The van der Waals surface area contributed by atoms with Gasteiger partial charge in [-0.25, -0.2) is 8.42 Å². The first kappa shape index (κ1) is 23.2. The van der Waals surface area contributed by atoms with Crippen molar-refractivity contribution in [2.24, 2.45) is 10.9 Å². The molecule has 0 radical (unpaired) electrons. The molecule has 1 aliphatic heterocycles. The second-order valence-corrected chi connectivity index (χ2v) is 12.7. The number of thiazole rings is 1. The molecule has 0 unspecified atom stereocenters. The summed E-state index contributed by atoms with van der Waals surface area (Å²) in [6.45, 7) is 4.97. The smallest absolute Gasteiger partial charge is 0.252 e. The van der Waals surface area contributed by atoms with E-state index in [1.165, 1.54) is 27.3 Å². The van der Waals surface area contributed by atoms with Gasteiger partial charge in [0.1, 0.15) is 4.21 Å². The van der Waals surface area contributed by atoms with Crippen LogP contribution in [0.3, 0.4) is 0 Å². The summed E-state index contributed by atoms with van der Waals surface area (Å²) in [5.41, 5.74) is 3.29. The van der Waals surface area contributed by atoms with Crippen LogP contribution < -0.4 is 4.80 Å². The molecule has 168 valence electrons. The number of benzene rings is 1. The molecule has 4 rings (SSSR count). The number of nitrogens with zero attached hydrogens (tertiary/aromatic N) is 3. The topological polar surface area (TPSA) is 71.7 Å². The number of thiophene rings is 1. The molecular formula is C22H22ClN3O3S3. The Balaban J connectivity index is 1.56. The van der Waals surface area contributed by atoms with Crippen molar-refractivity contribution in [2.75, 3.05) is 13.1 Å². The van der Waals surface area contributed by atoms with Gasteiger partial charge in [-0.3, -0.25) is 4.79 Å². The fourth-order valence-electron chi connectivity index (χ4n) is 3.74. The lowest BCUT2D eigenvalue weighted by Crippen LogP contribution is -2.40. The molecule has 1 aromatic carbocycles. The molecule has 1 amide bonds. The van der Waals surface area contributed by atoms with Gasteiger partial charge in [0.2, 0.25) is 0 Å². The van der Waals surface area contributed by atoms with E-state index in [9.17, 15) is 13.2 Å². The first-order valence-electron chi connectivity index (χ1n) is 10.1. The highest BCUT2D eigenvalue weighted by Crippen LogP contribution is 2.31. The van der Waals surface area contributed by atoms with Crippen LogP contribution in [0.5, 0.6) is 0 Å². The van der Waals surface area contributed by atoms with E-state index in [1.807, 2.05) is 18.4 Å². The lowest BCUT2D eigenvalue weighted by molar-refractivity contribution is -0.122. The highest BCUT2D eigenvalue weighted by Gasteiger charge is 2.33. The minimum Gasteiger partial charge on any atom is -0.305 e. The van der Waals surface area contributed by atoms with Crippen molar-refractivity contribution in [2.45, 2.75) is 37.4 Å². The number of hydrogen-bond acceptors (Lipinski definition) is 5. The van der Waals surface area contributed by atoms with Gasteiger partial charge in [0.25, 0.3) is 15.9 Å². The van der Waals surface area contributed by atoms with E-state index in [2.05, 4.69) is 23.0 Å². The average Bonchev–Trinajstić information content (AvgIpc) is 3.33. The third-order valence-electron chi connectivity index (χ3n) is 5.70. The van der Waals surface area contributed by atoms with Crippen LogP contribution in [0.4, 0.5) is 0 Å². The summed E-state index contributed by atoms with van der Waals surface area (Å²) in [4.78, 5) is 17.9. The molecule has 0 aliphatic carbocycles. The van der Waals surface area contributed by atoms with Gasteiger partial charge in [-0.05, 0) is 62.1 Å². The van der Waals surface area contributed by atoms with E-state index in [-0.39, 0.29) is 29.1 Å². The van der Waals surface area contributed by atoms with Crippen LogP contribution in [-0.4, -0.2) is 36.3 Å². The number of sulfonamides is 1. The number of carbonyl (C=O) groups is 1. The Bertz CT molecular complexity index is 1400. The molecule has 0 saturated carbocycles. The quantitative estimate of drug-likeness (QED) is 0.497. The molecule has 32 heavy (non-hydrogen) atoms. The number of piperidine rings is 1. The standard InChI is InChI=1S/C22H22ClN3O3S3/c1-4-9-26-17-12-14(2)15(3)13-18(17)30-22(26)24-21(27)16-7-10-25(11-8-16)32(28,29)20-6-5-19(23)31-20/h1,5-6,12-13,16H,7-11H2,2-3H3. The Morgan fingerprint density at radius 2 is 1.91 bits per heavy atom. The van der Waals surface area contributed by atoms with Crippen LogP contribution in [0.15, 0.2) is 33.5 Å². The zero-order valence-corrected chi connectivity index (χ0v) is 20.9. The number of amides is 1. The Hall–Kier alpha value is -1.96. The van der Waals surface area contributed by atoms with Crippen LogP contribution in [0.25, 0.3) is 10.2 Å². The van der Waals surface area contributed by atoms with Crippen molar-refractivity contribution >= 4 is 60.4 Å². The number of terminal acetylenes is 1. The molecule has 6 nitrogen and oxygen atoms in total.